The molecule has 2 aliphatic carbocycles. The van der Waals surface area contributed by atoms with Gasteiger partial charge in [-0.05, 0) is 25.7 Å². The van der Waals surface area contributed by atoms with Gasteiger partial charge in [0.15, 0.2) is 0 Å². The molecule has 6 atom stereocenters. The average molecular weight is 365 g/mol. The Hall–Kier alpha value is -0.910. The molecule has 3 N–H and O–H groups in total. The minimum absolute atomic E-state index is 0.0331. The molecule has 0 amide bonds. The predicted octanol–water partition coefficient (Wildman–Crippen LogP) is -0.925. The highest BCUT2D eigenvalue weighted by Gasteiger charge is 2.60. The fourth-order valence-corrected chi connectivity index (χ4v) is 6.12. The second kappa shape index (κ2) is 6.92. The van der Waals surface area contributed by atoms with Gasteiger partial charge in [-0.3, -0.25) is 4.79 Å². The molecule has 0 spiro atoms. The van der Waals surface area contributed by atoms with Gasteiger partial charge in [-0.2, -0.15) is 0 Å². The molecule has 3 fully saturated rings. The van der Waals surface area contributed by atoms with Gasteiger partial charge in [0.25, 0.3) is 0 Å². The molecule has 2 aliphatic heterocycles. The lowest BCUT2D eigenvalue weighted by Crippen LogP contribution is -3.28. The fraction of sp³-hybridized carbons (Fsp3) is 0.857. The van der Waals surface area contributed by atoms with Crippen molar-refractivity contribution in [3.8, 4) is 0 Å². The van der Waals surface area contributed by atoms with E-state index in [1.54, 1.807) is 4.90 Å². The average Bonchev–Trinajstić information content (AvgIpc) is 2.94. The lowest BCUT2D eigenvalue weighted by Gasteiger charge is -2.51. The zero-order valence-electron chi connectivity index (χ0n) is 16.6. The van der Waals surface area contributed by atoms with Gasteiger partial charge in [-0.25, -0.2) is 0 Å². The van der Waals surface area contributed by atoms with Crippen LogP contribution in [-0.4, -0.2) is 62.6 Å². The van der Waals surface area contributed by atoms with Crippen LogP contribution in [0.25, 0.3) is 0 Å². The summed E-state index contributed by atoms with van der Waals surface area (Å²) >= 11 is 0. The van der Waals surface area contributed by atoms with Crippen LogP contribution >= 0.6 is 0 Å². The first-order chi connectivity index (χ1) is 12.4. The van der Waals surface area contributed by atoms with E-state index in [1.165, 1.54) is 30.1 Å². The van der Waals surface area contributed by atoms with Crippen molar-refractivity contribution < 1.29 is 24.4 Å². The highest BCUT2D eigenvalue weighted by molar-refractivity contribution is 5.76. The monoisotopic (exact) mass is 364 g/mol. The number of hydrogen-bond acceptors (Lipinski definition) is 3. The summed E-state index contributed by atoms with van der Waals surface area (Å²) in [5, 5.41) is 11.4. The molecule has 0 unspecified atom stereocenters. The van der Waals surface area contributed by atoms with Gasteiger partial charge >= 0.3 is 5.97 Å². The second-order valence-electron chi connectivity index (χ2n) is 9.36. The summed E-state index contributed by atoms with van der Waals surface area (Å²) < 4.78 is 5.80. The molecule has 5 nitrogen and oxygen atoms in total. The van der Waals surface area contributed by atoms with E-state index in [-0.39, 0.29) is 29.3 Å². The lowest BCUT2D eigenvalue weighted by molar-refractivity contribution is -1.01. The van der Waals surface area contributed by atoms with Crippen LogP contribution < -0.4 is 9.80 Å². The van der Waals surface area contributed by atoms with Crippen LogP contribution in [0.1, 0.15) is 40.0 Å². The van der Waals surface area contributed by atoms with E-state index >= 15 is 0 Å². The Morgan fingerprint density at radius 3 is 2.65 bits per heavy atom. The number of likely N-dealkylation sites (N-methyl/N-ethyl adjacent to an activating group) is 1. The lowest BCUT2D eigenvalue weighted by atomic mass is 9.55. The van der Waals surface area contributed by atoms with Crippen molar-refractivity contribution >= 4 is 5.97 Å². The highest BCUT2D eigenvalue weighted by Crippen LogP contribution is 2.55. The van der Waals surface area contributed by atoms with Gasteiger partial charge in [0.1, 0.15) is 38.2 Å². The highest BCUT2D eigenvalue weighted by atomic mass is 16.6. The number of hydrogen-bond donors (Lipinski definition) is 3. The van der Waals surface area contributed by atoms with E-state index < -0.39 is 6.10 Å². The number of nitrogens with one attached hydrogen (secondary N) is 2. The first-order valence-corrected chi connectivity index (χ1v) is 10.7. The normalized spacial score (nSPS) is 48.4. The second-order valence-corrected chi connectivity index (χ2v) is 9.36. The molecule has 4 aliphatic rings. The Kier molecular flexibility index (Phi) is 4.91. The van der Waals surface area contributed by atoms with Crippen LogP contribution in [0, 0.1) is 23.2 Å². The number of carbonyl (C=O) groups is 1. The van der Waals surface area contributed by atoms with Crippen LogP contribution in [0.5, 0.6) is 0 Å². The van der Waals surface area contributed by atoms with Gasteiger partial charge in [0.2, 0.25) is 0 Å². The van der Waals surface area contributed by atoms with Crippen molar-refractivity contribution in [3.05, 3.63) is 11.6 Å². The van der Waals surface area contributed by atoms with Crippen molar-refractivity contribution in [3.63, 3.8) is 0 Å². The number of rotatable bonds is 3. The number of fused-ring (bicyclic) bond motifs is 2. The molecular formula is C21H36N2O3+2. The molecule has 26 heavy (non-hydrogen) atoms. The van der Waals surface area contributed by atoms with Gasteiger partial charge in [-0.15, -0.1) is 0 Å². The van der Waals surface area contributed by atoms with E-state index in [2.05, 4.69) is 26.8 Å². The molecule has 0 bridgehead atoms. The van der Waals surface area contributed by atoms with Crippen molar-refractivity contribution in [2.24, 2.45) is 23.2 Å². The number of allylic oxidation sites excluding steroid dienone is 1. The Morgan fingerprint density at radius 2 is 1.96 bits per heavy atom. The van der Waals surface area contributed by atoms with Gasteiger partial charge in [0.05, 0.1) is 19.2 Å². The molecule has 0 radical (unpaired) electrons. The first kappa shape index (κ1) is 18.5. The van der Waals surface area contributed by atoms with Gasteiger partial charge in [0, 0.05) is 17.8 Å². The largest absolute Gasteiger partial charge is 0.461 e. The molecular weight excluding hydrogens is 328 g/mol. The maximum Gasteiger partial charge on any atom is 0.315 e. The molecule has 5 heteroatoms. The van der Waals surface area contributed by atoms with Crippen molar-refractivity contribution in [1.82, 2.24) is 0 Å². The van der Waals surface area contributed by atoms with Gasteiger partial charge in [-0.1, -0.05) is 25.5 Å². The number of piperazine rings is 1. The molecule has 2 saturated heterocycles. The third-order valence-electron chi connectivity index (χ3n) is 8.24. The number of aliphatic hydroxyl groups is 1. The quantitative estimate of drug-likeness (QED) is 0.448. The molecule has 4 rings (SSSR count). The number of ether oxygens (including phenoxy) is 1. The Bertz CT molecular complexity index is 584. The van der Waals surface area contributed by atoms with Crippen LogP contribution in [0.2, 0.25) is 0 Å². The third kappa shape index (κ3) is 2.83. The standard InChI is InChI=1S/C21H34N2O3/c1-4-22-8-10-23(11-9-22)13-16-18-17(26-20(16)25)12-15-7-5-6-14(2)21(15,3)19(18)24/h7,14,16-19,24H,4-6,8-13H2,1-3H3/p+2/t14-,16-,17-,18-,19+,21-/m1/s1. The van der Waals surface area contributed by atoms with Crippen molar-refractivity contribution in [2.45, 2.75) is 52.2 Å². The zero-order chi connectivity index (χ0) is 18.5. The fourth-order valence-electron chi connectivity index (χ4n) is 6.12. The van der Waals surface area contributed by atoms with E-state index in [1.807, 2.05) is 0 Å². The van der Waals surface area contributed by atoms with E-state index in [9.17, 15) is 9.90 Å². The van der Waals surface area contributed by atoms with E-state index in [0.29, 0.717) is 5.92 Å². The van der Waals surface area contributed by atoms with Crippen molar-refractivity contribution in [2.75, 3.05) is 39.3 Å². The van der Waals surface area contributed by atoms with Crippen LogP contribution in [0.15, 0.2) is 11.6 Å². The topological polar surface area (TPSA) is 55.4 Å². The summed E-state index contributed by atoms with van der Waals surface area (Å²) in [6.45, 7) is 13.4. The van der Waals surface area contributed by atoms with Crippen LogP contribution in [0.3, 0.4) is 0 Å². The molecule has 146 valence electrons. The first-order valence-electron chi connectivity index (χ1n) is 10.7. The zero-order valence-corrected chi connectivity index (χ0v) is 16.6. The minimum atomic E-state index is -0.471. The summed E-state index contributed by atoms with van der Waals surface area (Å²) in [5.74, 6) is 0.223. The number of esters is 1. The smallest absolute Gasteiger partial charge is 0.315 e. The summed E-state index contributed by atoms with van der Waals surface area (Å²) in [5.41, 5.74) is 1.14. The molecule has 0 aromatic carbocycles. The molecule has 2 heterocycles. The maximum atomic E-state index is 12.7. The SMILES string of the molecule is CC[NH+]1CC[NH+](C[C@H]2C(=O)O[C@@H]3CC4=CCC[C@@H](C)[C@@]4(C)[C@@H](O)[C@@H]32)CC1. The van der Waals surface area contributed by atoms with E-state index in [4.69, 9.17) is 4.74 Å². The molecule has 0 aromatic heterocycles. The summed E-state index contributed by atoms with van der Waals surface area (Å²) in [7, 11) is 0. The summed E-state index contributed by atoms with van der Waals surface area (Å²) in [6, 6.07) is 0. The predicted molar refractivity (Wildman–Crippen MR) is 98.9 cm³/mol. The molecule has 0 aromatic rings. The summed E-state index contributed by atoms with van der Waals surface area (Å²) in [4.78, 5) is 15.9. The number of aliphatic hydroxyl groups excluding tert-OH is 1. The van der Waals surface area contributed by atoms with Crippen LogP contribution in [0.4, 0.5) is 0 Å². The van der Waals surface area contributed by atoms with E-state index in [0.717, 1.165) is 38.9 Å². The Morgan fingerprint density at radius 1 is 1.27 bits per heavy atom. The minimum Gasteiger partial charge on any atom is -0.461 e. The Balaban J connectivity index is 1.52. The van der Waals surface area contributed by atoms with Crippen LogP contribution in [-0.2, 0) is 9.53 Å². The van der Waals surface area contributed by atoms with Gasteiger partial charge < -0.3 is 19.6 Å². The number of quaternary nitrogens is 2. The Labute approximate surface area is 157 Å². The maximum absolute atomic E-state index is 12.7. The molecule has 1 saturated carbocycles. The summed E-state index contributed by atoms with van der Waals surface area (Å²) in [6.07, 6.45) is 4.75. The number of carbonyl (C=O) groups excluding carboxylic acids is 1. The third-order valence-corrected chi connectivity index (χ3v) is 8.24. The van der Waals surface area contributed by atoms with Crippen molar-refractivity contribution in [1.29, 1.82) is 0 Å².